The summed E-state index contributed by atoms with van der Waals surface area (Å²) in [6, 6.07) is 0. The Morgan fingerprint density at radius 3 is 1.55 bits per heavy atom. The maximum atomic E-state index is 10.6. The summed E-state index contributed by atoms with van der Waals surface area (Å²) in [7, 11) is -4.29. The molecule has 0 fully saturated rings. The zero-order valence-corrected chi connectivity index (χ0v) is 16.1. The van der Waals surface area contributed by atoms with Crippen molar-refractivity contribution in [3.8, 4) is 0 Å². The molecule has 1 unspecified atom stereocenters. The summed E-state index contributed by atoms with van der Waals surface area (Å²) in [5.74, 6) is 0. The van der Waals surface area contributed by atoms with Gasteiger partial charge in [-0.25, -0.2) is 8.42 Å². The van der Waals surface area contributed by atoms with E-state index in [2.05, 4.69) is 6.92 Å². The van der Waals surface area contributed by atoms with Crippen LogP contribution in [0.4, 0.5) is 0 Å². The van der Waals surface area contributed by atoms with Gasteiger partial charge in [-0.05, 0) is 6.42 Å². The van der Waals surface area contributed by atoms with Crippen molar-refractivity contribution in [2.45, 2.75) is 89.3 Å². The molecule has 2 N–H and O–H groups in total. The van der Waals surface area contributed by atoms with Gasteiger partial charge in [0.15, 0.2) is 0 Å². The van der Waals surface area contributed by atoms with Gasteiger partial charge in [0.1, 0.15) is 10.1 Å². The first-order chi connectivity index (χ1) is 8.98. The smallest absolute Gasteiger partial charge is 0.747 e. The molecule has 6 heteroatoms. The van der Waals surface area contributed by atoms with Crippen LogP contribution < -0.4 is 35.3 Å². The fraction of sp³-hybridized carbons (Fsp3) is 1.00. The van der Waals surface area contributed by atoms with Crippen LogP contribution in [0.1, 0.15) is 84.0 Å². The molecule has 0 aliphatic rings. The average Bonchev–Trinajstić information content (AvgIpc) is 2.34. The van der Waals surface area contributed by atoms with E-state index in [0.29, 0.717) is 6.42 Å². The van der Waals surface area contributed by atoms with E-state index in [1.54, 1.807) is 0 Å². The molecule has 0 spiro atoms. The first-order valence-corrected chi connectivity index (χ1v) is 9.16. The van der Waals surface area contributed by atoms with Crippen molar-refractivity contribution in [2.75, 3.05) is 0 Å². The Morgan fingerprint density at radius 1 is 0.850 bits per heavy atom. The van der Waals surface area contributed by atoms with E-state index in [9.17, 15) is 13.0 Å². The summed E-state index contributed by atoms with van der Waals surface area (Å²) in [5, 5.41) is -1.22. The average molecular weight is 315 g/mol. The third-order valence-electron chi connectivity index (χ3n) is 3.46. The number of hydrogen-bond donors (Lipinski definition) is 1. The van der Waals surface area contributed by atoms with Crippen molar-refractivity contribution in [3.63, 3.8) is 0 Å². The van der Waals surface area contributed by atoms with Crippen LogP contribution in [0.25, 0.3) is 0 Å². The third kappa shape index (κ3) is 15.3. The summed E-state index contributed by atoms with van der Waals surface area (Å²) in [6.07, 6.45) is 13.6. The Labute approximate surface area is 147 Å². The van der Waals surface area contributed by atoms with Crippen LogP contribution in [0, 0.1) is 0 Å². The van der Waals surface area contributed by atoms with E-state index >= 15 is 0 Å². The zero-order valence-electron chi connectivity index (χ0n) is 13.3. The summed E-state index contributed by atoms with van der Waals surface area (Å²) in [5.41, 5.74) is 5.27. The monoisotopic (exact) mass is 315 g/mol. The molecule has 0 aromatic carbocycles. The van der Waals surface area contributed by atoms with Gasteiger partial charge < -0.3 is 10.3 Å². The van der Waals surface area contributed by atoms with Crippen molar-refractivity contribution in [1.29, 1.82) is 0 Å². The van der Waals surface area contributed by atoms with Crippen molar-refractivity contribution in [3.05, 3.63) is 0 Å². The minimum absolute atomic E-state index is 0. The molecule has 0 heterocycles. The van der Waals surface area contributed by atoms with Gasteiger partial charge in [-0.1, -0.05) is 77.6 Å². The molecule has 0 saturated heterocycles. The van der Waals surface area contributed by atoms with Gasteiger partial charge in [-0.3, -0.25) is 0 Å². The minimum Gasteiger partial charge on any atom is -0.747 e. The summed E-state index contributed by atoms with van der Waals surface area (Å²) < 4.78 is 31.7. The predicted molar refractivity (Wildman–Crippen MR) is 78.8 cm³/mol. The first kappa shape index (κ1) is 23.1. The van der Waals surface area contributed by atoms with Gasteiger partial charge in [0.05, 0.1) is 5.37 Å². The maximum Gasteiger partial charge on any atom is 1.00 e. The molecule has 0 rings (SSSR count). The van der Waals surface area contributed by atoms with E-state index in [1.807, 2.05) is 0 Å². The molecule has 0 aliphatic carbocycles. The molecule has 0 radical (unpaired) electrons. The fourth-order valence-electron chi connectivity index (χ4n) is 2.15. The fourth-order valence-corrected chi connectivity index (χ4v) is 2.61. The number of rotatable bonds is 13. The van der Waals surface area contributed by atoms with E-state index in [4.69, 9.17) is 5.73 Å². The van der Waals surface area contributed by atoms with Crippen molar-refractivity contribution in [1.82, 2.24) is 0 Å². The second-order valence-electron chi connectivity index (χ2n) is 5.36. The van der Waals surface area contributed by atoms with Crippen LogP contribution in [-0.2, 0) is 10.1 Å². The molecule has 0 amide bonds. The van der Waals surface area contributed by atoms with Crippen LogP contribution in [-0.4, -0.2) is 18.3 Å². The van der Waals surface area contributed by atoms with Gasteiger partial charge in [0, 0.05) is 0 Å². The molecule has 4 nitrogen and oxygen atoms in total. The Balaban J connectivity index is 0. The largest absolute Gasteiger partial charge is 1.00 e. The number of nitrogens with two attached hydrogens (primary N) is 1. The summed E-state index contributed by atoms with van der Waals surface area (Å²) >= 11 is 0. The molecule has 116 valence electrons. The van der Waals surface area contributed by atoms with Crippen molar-refractivity contribution >= 4 is 10.1 Å². The predicted octanol–water partition coefficient (Wildman–Crippen LogP) is 0.522. The third-order valence-corrected chi connectivity index (χ3v) is 4.44. The second-order valence-corrected chi connectivity index (χ2v) is 6.95. The normalized spacial score (nSPS) is 12.9. The molecule has 20 heavy (non-hydrogen) atoms. The van der Waals surface area contributed by atoms with Gasteiger partial charge in [0.25, 0.3) is 0 Å². The standard InChI is InChI=1S/C14H31NO3S.Na/c1-2-3-4-5-6-7-8-9-10-11-12-13-14(15)19(16,17)18;/h14H,2-13,15H2,1H3,(H,16,17,18);/q;+1/p-1. The quantitative estimate of drug-likeness (QED) is 0.305. The van der Waals surface area contributed by atoms with E-state index < -0.39 is 15.5 Å². The van der Waals surface area contributed by atoms with Crippen LogP contribution in [0.15, 0.2) is 0 Å². The summed E-state index contributed by atoms with van der Waals surface area (Å²) in [6.45, 7) is 2.23. The SMILES string of the molecule is CCCCCCCCCCCCCC(N)S(=O)(=O)[O-].[Na+]. The Morgan fingerprint density at radius 2 is 1.20 bits per heavy atom. The maximum absolute atomic E-state index is 10.6. The minimum atomic E-state index is -4.29. The van der Waals surface area contributed by atoms with Crippen LogP contribution in [0.5, 0.6) is 0 Å². The molecule has 1 atom stereocenters. The number of unbranched alkanes of at least 4 members (excludes halogenated alkanes) is 10. The molecule has 0 bridgehead atoms. The van der Waals surface area contributed by atoms with Crippen molar-refractivity contribution < 1.29 is 42.5 Å². The molecule has 0 saturated carbocycles. The molecular weight excluding hydrogens is 285 g/mol. The number of hydrogen-bond acceptors (Lipinski definition) is 4. The molecule has 0 aromatic heterocycles. The molecule has 0 aromatic rings. The second kappa shape index (κ2) is 14.8. The van der Waals surface area contributed by atoms with Gasteiger partial charge in [-0.15, -0.1) is 0 Å². The molecule has 0 aliphatic heterocycles. The topological polar surface area (TPSA) is 83.2 Å². The van der Waals surface area contributed by atoms with Gasteiger partial charge in [-0.2, -0.15) is 0 Å². The Kier molecular flexibility index (Phi) is 17.1. The summed E-state index contributed by atoms with van der Waals surface area (Å²) in [4.78, 5) is 0. The van der Waals surface area contributed by atoms with Gasteiger partial charge >= 0.3 is 29.6 Å². The Hall–Kier alpha value is 0.870. The van der Waals surface area contributed by atoms with E-state index in [1.165, 1.54) is 51.4 Å². The van der Waals surface area contributed by atoms with Gasteiger partial charge in [0.2, 0.25) is 0 Å². The van der Waals surface area contributed by atoms with E-state index in [0.717, 1.165) is 19.3 Å². The first-order valence-electron chi connectivity index (χ1n) is 7.68. The molecular formula is C14H30NNaO3S. The Bertz CT molecular complexity index is 297. The van der Waals surface area contributed by atoms with Crippen LogP contribution in [0.3, 0.4) is 0 Å². The van der Waals surface area contributed by atoms with Crippen molar-refractivity contribution in [2.24, 2.45) is 5.73 Å². The van der Waals surface area contributed by atoms with Crippen LogP contribution in [0.2, 0.25) is 0 Å². The van der Waals surface area contributed by atoms with Crippen LogP contribution >= 0.6 is 0 Å². The van der Waals surface area contributed by atoms with E-state index in [-0.39, 0.29) is 29.6 Å². The zero-order chi connectivity index (χ0) is 14.6.